The number of hydrogen-bond acceptors (Lipinski definition) is 6. The molecule has 444 valence electrons. The van der Waals surface area contributed by atoms with Crippen LogP contribution in [-0.4, -0.2) is 37.2 Å². The summed E-state index contributed by atoms with van der Waals surface area (Å²) in [6.07, 6.45) is 81.5. The summed E-state index contributed by atoms with van der Waals surface area (Å²) in [4.78, 5) is 38.3. The normalized spacial score (nSPS) is 12.3. The van der Waals surface area contributed by atoms with Crippen molar-refractivity contribution >= 4 is 17.9 Å². The maximum Gasteiger partial charge on any atom is 0.306 e. The predicted octanol–water partition coefficient (Wildman–Crippen LogP) is 22.9. The third kappa shape index (κ3) is 62.2. The number of unbranched alkanes of at least 4 members (excludes halogenated alkanes) is 43. The van der Waals surface area contributed by atoms with Gasteiger partial charge in [-0.1, -0.05) is 333 Å². The maximum absolute atomic E-state index is 12.9. The number of rotatable bonds is 62. The van der Waals surface area contributed by atoms with Crippen molar-refractivity contribution in [1.82, 2.24) is 0 Å². The molecule has 0 aliphatic rings. The van der Waals surface area contributed by atoms with Crippen molar-refractivity contribution in [2.24, 2.45) is 0 Å². The standard InChI is InChI=1S/C70H128O6/c1-4-7-10-13-16-19-22-25-28-29-30-31-32-33-34-35-36-37-38-39-40-43-45-48-51-54-57-60-63-69(72)75-66-67(76-70(73)64-61-58-55-52-49-46-42-27-24-21-18-15-12-9-6-3)65-74-68(71)62-59-56-53-50-47-44-41-26-23-20-17-14-11-8-5-2/h9,12,18,21,27,42,49,52,67H,4-8,10-11,13-17,19-20,22-26,28-41,43-48,50-51,53-66H2,1-3H3/b12-9-,21-18-,42-27-,52-49-. The Kier molecular flexibility index (Phi) is 62.6. The molecule has 0 aliphatic carbocycles. The third-order valence-electron chi connectivity index (χ3n) is 15.1. The number of ether oxygens (including phenoxy) is 3. The molecule has 0 fully saturated rings. The van der Waals surface area contributed by atoms with E-state index in [1.165, 1.54) is 238 Å². The van der Waals surface area contributed by atoms with Gasteiger partial charge in [-0.15, -0.1) is 0 Å². The van der Waals surface area contributed by atoms with Crippen LogP contribution in [0.25, 0.3) is 0 Å². The second-order valence-electron chi connectivity index (χ2n) is 22.7. The zero-order valence-corrected chi connectivity index (χ0v) is 51.0. The molecule has 6 nitrogen and oxygen atoms in total. The maximum atomic E-state index is 12.9. The third-order valence-corrected chi connectivity index (χ3v) is 15.1. The molecule has 0 heterocycles. The van der Waals surface area contributed by atoms with Gasteiger partial charge in [-0.25, -0.2) is 0 Å². The van der Waals surface area contributed by atoms with Crippen LogP contribution in [0.2, 0.25) is 0 Å². The predicted molar refractivity (Wildman–Crippen MR) is 330 cm³/mol. The van der Waals surface area contributed by atoms with E-state index in [0.29, 0.717) is 19.3 Å². The second-order valence-corrected chi connectivity index (χ2v) is 22.7. The number of allylic oxidation sites excluding steroid dienone is 8. The van der Waals surface area contributed by atoms with Crippen molar-refractivity contribution in [3.63, 3.8) is 0 Å². The molecular formula is C70H128O6. The highest BCUT2D eigenvalue weighted by atomic mass is 16.6. The summed E-state index contributed by atoms with van der Waals surface area (Å²) in [5.41, 5.74) is 0. The van der Waals surface area contributed by atoms with E-state index in [-0.39, 0.29) is 37.5 Å². The van der Waals surface area contributed by atoms with E-state index in [1.54, 1.807) is 0 Å². The molecule has 0 bridgehead atoms. The SMILES string of the molecule is CC/C=C\C/C=C\C/C=C\C/C=C\CCCCC(=O)OC(COC(=O)CCCCCCCCCCCCCCCCC)COC(=O)CCCCCCCCCCCCCCCCCCCCCCCCCCCCCC. The Morgan fingerprint density at radius 2 is 0.513 bits per heavy atom. The van der Waals surface area contributed by atoms with Gasteiger partial charge in [-0.05, 0) is 57.8 Å². The van der Waals surface area contributed by atoms with Gasteiger partial charge in [0.2, 0.25) is 0 Å². The van der Waals surface area contributed by atoms with E-state index in [1.807, 2.05) is 0 Å². The summed E-state index contributed by atoms with van der Waals surface area (Å²) >= 11 is 0. The van der Waals surface area contributed by atoms with Crippen LogP contribution in [0.3, 0.4) is 0 Å². The van der Waals surface area contributed by atoms with Crippen molar-refractivity contribution in [2.75, 3.05) is 13.2 Å². The summed E-state index contributed by atoms with van der Waals surface area (Å²) in [6, 6.07) is 0. The van der Waals surface area contributed by atoms with Gasteiger partial charge >= 0.3 is 17.9 Å². The lowest BCUT2D eigenvalue weighted by atomic mass is 10.0. The fourth-order valence-electron chi connectivity index (χ4n) is 10.1. The average Bonchev–Trinajstić information content (AvgIpc) is 3.42. The van der Waals surface area contributed by atoms with Crippen molar-refractivity contribution in [3.8, 4) is 0 Å². The summed E-state index contributed by atoms with van der Waals surface area (Å²) < 4.78 is 16.9. The van der Waals surface area contributed by atoms with Gasteiger partial charge < -0.3 is 14.2 Å². The molecule has 0 saturated heterocycles. The summed E-state index contributed by atoms with van der Waals surface area (Å²) in [6.45, 7) is 6.55. The van der Waals surface area contributed by atoms with Crippen molar-refractivity contribution in [2.45, 2.75) is 367 Å². The zero-order chi connectivity index (χ0) is 55.0. The monoisotopic (exact) mass is 1060 g/mol. The van der Waals surface area contributed by atoms with Crippen LogP contribution in [0.15, 0.2) is 48.6 Å². The topological polar surface area (TPSA) is 78.9 Å². The Balaban J connectivity index is 4.21. The van der Waals surface area contributed by atoms with Crippen LogP contribution in [0.4, 0.5) is 0 Å². The molecule has 0 rings (SSSR count). The molecule has 1 atom stereocenters. The molecule has 0 saturated carbocycles. The molecule has 0 aromatic rings. The molecule has 76 heavy (non-hydrogen) atoms. The van der Waals surface area contributed by atoms with Crippen LogP contribution in [0.1, 0.15) is 361 Å². The fourth-order valence-corrected chi connectivity index (χ4v) is 10.1. The summed E-state index contributed by atoms with van der Waals surface area (Å²) in [5, 5.41) is 0. The highest BCUT2D eigenvalue weighted by molar-refractivity contribution is 5.71. The molecule has 0 radical (unpaired) electrons. The smallest absolute Gasteiger partial charge is 0.306 e. The molecule has 0 aromatic heterocycles. The van der Waals surface area contributed by atoms with Gasteiger partial charge in [0.05, 0.1) is 0 Å². The molecular weight excluding hydrogens is 937 g/mol. The lowest BCUT2D eigenvalue weighted by Crippen LogP contribution is -2.30. The average molecular weight is 1070 g/mol. The lowest BCUT2D eigenvalue weighted by molar-refractivity contribution is -0.167. The van der Waals surface area contributed by atoms with Gasteiger partial charge in [-0.2, -0.15) is 0 Å². The molecule has 6 heteroatoms. The van der Waals surface area contributed by atoms with E-state index in [2.05, 4.69) is 69.4 Å². The minimum Gasteiger partial charge on any atom is -0.462 e. The number of esters is 3. The van der Waals surface area contributed by atoms with Crippen LogP contribution in [-0.2, 0) is 28.6 Å². The first-order valence-corrected chi connectivity index (χ1v) is 33.6. The van der Waals surface area contributed by atoms with Crippen LogP contribution >= 0.6 is 0 Å². The zero-order valence-electron chi connectivity index (χ0n) is 51.0. The Morgan fingerprint density at radius 1 is 0.276 bits per heavy atom. The van der Waals surface area contributed by atoms with E-state index in [4.69, 9.17) is 14.2 Å². The molecule has 0 aliphatic heterocycles. The summed E-state index contributed by atoms with van der Waals surface area (Å²) in [7, 11) is 0. The quantitative estimate of drug-likeness (QED) is 0.0261. The van der Waals surface area contributed by atoms with Gasteiger partial charge in [0, 0.05) is 19.3 Å². The Hall–Kier alpha value is -2.63. The largest absolute Gasteiger partial charge is 0.462 e. The molecule has 0 N–H and O–H groups in total. The van der Waals surface area contributed by atoms with E-state index in [9.17, 15) is 14.4 Å². The van der Waals surface area contributed by atoms with Crippen molar-refractivity contribution in [1.29, 1.82) is 0 Å². The van der Waals surface area contributed by atoms with Gasteiger partial charge in [0.25, 0.3) is 0 Å². The fraction of sp³-hybridized carbons (Fsp3) is 0.843. The Labute approximate surface area is 473 Å². The Morgan fingerprint density at radius 3 is 0.803 bits per heavy atom. The lowest BCUT2D eigenvalue weighted by Gasteiger charge is -2.18. The Bertz CT molecular complexity index is 1310. The minimum absolute atomic E-state index is 0.0850. The number of hydrogen-bond donors (Lipinski definition) is 0. The van der Waals surface area contributed by atoms with Gasteiger partial charge in [0.1, 0.15) is 13.2 Å². The van der Waals surface area contributed by atoms with Gasteiger partial charge in [-0.3, -0.25) is 14.4 Å². The van der Waals surface area contributed by atoms with E-state index in [0.717, 1.165) is 77.0 Å². The van der Waals surface area contributed by atoms with Crippen LogP contribution < -0.4 is 0 Å². The van der Waals surface area contributed by atoms with E-state index < -0.39 is 6.10 Å². The number of carbonyl (C=O) groups excluding carboxylic acids is 3. The molecule has 1 unspecified atom stereocenters. The second kappa shape index (κ2) is 64.9. The molecule has 0 aromatic carbocycles. The first-order valence-electron chi connectivity index (χ1n) is 33.6. The first-order chi connectivity index (χ1) is 37.5. The molecule has 0 amide bonds. The molecule has 0 spiro atoms. The van der Waals surface area contributed by atoms with Crippen molar-refractivity contribution < 1.29 is 28.6 Å². The van der Waals surface area contributed by atoms with Crippen LogP contribution in [0.5, 0.6) is 0 Å². The highest BCUT2D eigenvalue weighted by Gasteiger charge is 2.19. The minimum atomic E-state index is -0.792. The van der Waals surface area contributed by atoms with Crippen LogP contribution in [0, 0.1) is 0 Å². The first kappa shape index (κ1) is 73.4. The number of carbonyl (C=O) groups is 3. The van der Waals surface area contributed by atoms with Gasteiger partial charge in [0.15, 0.2) is 6.10 Å². The van der Waals surface area contributed by atoms with E-state index >= 15 is 0 Å². The highest BCUT2D eigenvalue weighted by Crippen LogP contribution is 2.18. The van der Waals surface area contributed by atoms with Crippen molar-refractivity contribution in [3.05, 3.63) is 48.6 Å². The summed E-state index contributed by atoms with van der Waals surface area (Å²) in [5.74, 6) is -0.904.